The Morgan fingerprint density at radius 1 is 1.03 bits per heavy atom. The Morgan fingerprint density at radius 3 is 2.47 bits per heavy atom. The molecule has 0 radical (unpaired) electrons. The van der Waals surface area contributed by atoms with Gasteiger partial charge in [-0.1, -0.05) is 18.2 Å². The van der Waals surface area contributed by atoms with Crippen molar-refractivity contribution in [3.05, 3.63) is 54.2 Å². The molecule has 7 nitrogen and oxygen atoms in total. The summed E-state index contributed by atoms with van der Waals surface area (Å²) in [5.74, 6) is -3.12. The van der Waals surface area contributed by atoms with Gasteiger partial charge in [-0.3, -0.25) is 4.79 Å². The molecule has 0 spiro atoms. The number of rotatable bonds is 4. The number of nitrogens with zero attached hydrogens (tertiary/aromatic N) is 3. The van der Waals surface area contributed by atoms with Crippen molar-refractivity contribution in [1.82, 2.24) is 9.97 Å². The standard InChI is InChI=1S/C22H22F2N4O3S/c1-32(30,31)16-7-4-6-15(14-16)25-21(29)19-20(27-18-9-3-2-8-17(18)26-19)28-12-5-10-22(23,24)11-13-28/h2-4,6-9,14H,5,10-13H2,1H3,(H,25,29). The largest absolute Gasteiger partial charge is 0.354 e. The fraction of sp³-hybridized carbons (Fsp3) is 0.318. The number of amides is 1. The van der Waals surface area contributed by atoms with Gasteiger partial charge in [-0.15, -0.1) is 0 Å². The molecule has 0 unspecified atom stereocenters. The maximum absolute atomic E-state index is 13.9. The Bertz CT molecular complexity index is 1280. The highest BCUT2D eigenvalue weighted by Gasteiger charge is 2.33. The molecule has 2 heterocycles. The number of hydrogen-bond acceptors (Lipinski definition) is 6. The molecule has 0 saturated carbocycles. The Labute approximate surface area is 184 Å². The minimum absolute atomic E-state index is 0.00123. The number of sulfone groups is 1. The van der Waals surface area contributed by atoms with Gasteiger partial charge in [0.15, 0.2) is 21.3 Å². The van der Waals surface area contributed by atoms with E-state index in [0.717, 1.165) is 6.26 Å². The zero-order valence-corrected chi connectivity index (χ0v) is 18.2. The van der Waals surface area contributed by atoms with Gasteiger partial charge in [0.25, 0.3) is 5.91 Å². The SMILES string of the molecule is CS(=O)(=O)c1cccc(NC(=O)c2nc3ccccc3nc2N2CCCC(F)(F)CC2)c1. The molecule has 1 aliphatic heterocycles. The molecule has 2 aromatic carbocycles. The Balaban J connectivity index is 1.72. The number of aromatic nitrogens is 2. The van der Waals surface area contributed by atoms with Crippen LogP contribution in [0.1, 0.15) is 29.8 Å². The number of carbonyl (C=O) groups excluding carboxylic acids is 1. The van der Waals surface area contributed by atoms with Crippen molar-refractivity contribution in [2.75, 3.05) is 29.6 Å². The van der Waals surface area contributed by atoms with Gasteiger partial charge in [-0.2, -0.15) is 0 Å². The number of fused-ring (bicyclic) bond motifs is 1. The van der Waals surface area contributed by atoms with Crippen LogP contribution in [0.4, 0.5) is 20.3 Å². The lowest BCUT2D eigenvalue weighted by molar-refractivity contribution is -0.0102. The van der Waals surface area contributed by atoms with E-state index in [0.29, 0.717) is 17.6 Å². The summed E-state index contributed by atoms with van der Waals surface area (Å²) < 4.78 is 51.5. The first kappa shape index (κ1) is 22.1. The third-order valence-corrected chi connectivity index (χ3v) is 6.42. The van der Waals surface area contributed by atoms with E-state index in [1.165, 1.54) is 18.2 Å². The number of alkyl halides is 2. The van der Waals surface area contributed by atoms with E-state index in [2.05, 4.69) is 15.3 Å². The molecule has 1 aromatic heterocycles. The summed E-state index contributed by atoms with van der Waals surface area (Å²) in [7, 11) is -3.45. The van der Waals surface area contributed by atoms with Crippen molar-refractivity contribution in [3.63, 3.8) is 0 Å². The lowest BCUT2D eigenvalue weighted by atomic mass is 10.1. The molecule has 1 saturated heterocycles. The second kappa shape index (κ2) is 8.42. The molecule has 10 heteroatoms. The number of halogens is 2. The van der Waals surface area contributed by atoms with E-state index in [1.54, 1.807) is 35.2 Å². The first-order valence-corrected chi connectivity index (χ1v) is 12.0. The van der Waals surface area contributed by atoms with Crippen LogP contribution in [0.15, 0.2) is 53.4 Å². The Morgan fingerprint density at radius 2 is 1.75 bits per heavy atom. The molecule has 1 amide bonds. The highest BCUT2D eigenvalue weighted by Crippen LogP contribution is 2.31. The molecular formula is C22H22F2N4O3S. The minimum atomic E-state index is -3.45. The second-order valence-electron chi connectivity index (χ2n) is 7.84. The predicted molar refractivity (Wildman–Crippen MR) is 118 cm³/mol. The van der Waals surface area contributed by atoms with Crippen LogP contribution >= 0.6 is 0 Å². The van der Waals surface area contributed by atoms with Crippen LogP contribution in [-0.4, -0.2) is 49.6 Å². The van der Waals surface area contributed by atoms with Gasteiger partial charge in [0, 0.05) is 37.9 Å². The molecule has 168 valence electrons. The van der Waals surface area contributed by atoms with Crippen LogP contribution in [0.3, 0.4) is 0 Å². The summed E-state index contributed by atoms with van der Waals surface area (Å²) in [5.41, 5.74) is 1.32. The number of hydrogen-bond donors (Lipinski definition) is 1. The highest BCUT2D eigenvalue weighted by atomic mass is 32.2. The fourth-order valence-electron chi connectivity index (χ4n) is 3.63. The molecule has 1 N–H and O–H groups in total. The number of benzene rings is 2. The molecule has 0 aliphatic carbocycles. The van der Waals surface area contributed by atoms with Crippen molar-refractivity contribution in [3.8, 4) is 0 Å². The first-order chi connectivity index (χ1) is 15.1. The van der Waals surface area contributed by atoms with Crippen molar-refractivity contribution in [1.29, 1.82) is 0 Å². The summed E-state index contributed by atoms with van der Waals surface area (Å²) in [5, 5.41) is 2.67. The molecule has 4 rings (SSSR count). The zero-order chi connectivity index (χ0) is 22.9. The number of nitrogens with one attached hydrogen (secondary N) is 1. The third kappa shape index (κ3) is 4.85. The average molecular weight is 461 g/mol. The van der Waals surface area contributed by atoms with E-state index in [9.17, 15) is 22.0 Å². The van der Waals surface area contributed by atoms with Gasteiger partial charge < -0.3 is 10.2 Å². The maximum Gasteiger partial charge on any atom is 0.278 e. The number of anilines is 2. The smallest absolute Gasteiger partial charge is 0.278 e. The first-order valence-electron chi connectivity index (χ1n) is 10.1. The summed E-state index contributed by atoms with van der Waals surface area (Å²) in [6.07, 6.45) is 0.790. The number of carbonyl (C=O) groups is 1. The second-order valence-corrected chi connectivity index (χ2v) is 9.85. The van der Waals surface area contributed by atoms with Crippen LogP contribution in [0.25, 0.3) is 11.0 Å². The van der Waals surface area contributed by atoms with Gasteiger partial charge in [0.1, 0.15) is 0 Å². The van der Waals surface area contributed by atoms with Crippen LogP contribution < -0.4 is 10.2 Å². The highest BCUT2D eigenvalue weighted by molar-refractivity contribution is 7.90. The van der Waals surface area contributed by atoms with Crippen molar-refractivity contribution in [2.45, 2.75) is 30.1 Å². The van der Waals surface area contributed by atoms with E-state index in [-0.39, 0.29) is 47.9 Å². The van der Waals surface area contributed by atoms with Crippen LogP contribution in [0.2, 0.25) is 0 Å². The summed E-state index contributed by atoms with van der Waals surface area (Å²) >= 11 is 0. The summed E-state index contributed by atoms with van der Waals surface area (Å²) in [6.45, 7) is 0.371. The topological polar surface area (TPSA) is 92.3 Å². The van der Waals surface area contributed by atoms with E-state index >= 15 is 0 Å². The lowest BCUT2D eigenvalue weighted by Crippen LogP contribution is -2.30. The predicted octanol–water partition coefficient (Wildman–Crippen LogP) is 3.91. The van der Waals surface area contributed by atoms with Crippen LogP contribution in [-0.2, 0) is 9.84 Å². The normalized spacial score (nSPS) is 16.5. The molecule has 0 bridgehead atoms. The van der Waals surface area contributed by atoms with Crippen LogP contribution in [0.5, 0.6) is 0 Å². The zero-order valence-electron chi connectivity index (χ0n) is 17.4. The Kier molecular flexibility index (Phi) is 5.81. The van der Waals surface area contributed by atoms with Crippen molar-refractivity contribution >= 4 is 38.3 Å². The lowest BCUT2D eigenvalue weighted by Gasteiger charge is -2.24. The molecule has 32 heavy (non-hydrogen) atoms. The average Bonchev–Trinajstić information content (AvgIpc) is 2.92. The Hall–Kier alpha value is -3.14. The van der Waals surface area contributed by atoms with E-state index in [4.69, 9.17) is 0 Å². The molecule has 1 aliphatic rings. The fourth-order valence-corrected chi connectivity index (χ4v) is 4.30. The third-order valence-electron chi connectivity index (χ3n) is 5.30. The van der Waals surface area contributed by atoms with Gasteiger partial charge in [0.2, 0.25) is 5.92 Å². The van der Waals surface area contributed by atoms with Crippen LogP contribution in [0, 0.1) is 0 Å². The van der Waals surface area contributed by atoms with Crippen molar-refractivity contribution < 1.29 is 22.0 Å². The van der Waals surface area contributed by atoms with Gasteiger partial charge in [-0.05, 0) is 36.8 Å². The number of para-hydroxylation sites is 2. The molecule has 1 fully saturated rings. The molecule has 3 aromatic rings. The molecular weight excluding hydrogens is 438 g/mol. The van der Waals surface area contributed by atoms with Gasteiger partial charge >= 0.3 is 0 Å². The maximum atomic E-state index is 13.9. The summed E-state index contributed by atoms with van der Waals surface area (Å²) in [4.78, 5) is 23.9. The van der Waals surface area contributed by atoms with Gasteiger partial charge in [-0.25, -0.2) is 27.2 Å². The quantitative estimate of drug-likeness (QED) is 0.635. The van der Waals surface area contributed by atoms with Gasteiger partial charge in [0.05, 0.1) is 15.9 Å². The minimum Gasteiger partial charge on any atom is -0.354 e. The van der Waals surface area contributed by atoms with E-state index < -0.39 is 21.7 Å². The molecule has 0 atom stereocenters. The summed E-state index contributed by atoms with van der Waals surface area (Å²) in [6, 6.07) is 12.9. The monoisotopic (exact) mass is 460 g/mol. The van der Waals surface area contributed by atoms with Crippen molar-refractivity contribution in [2.24, 2.45) is 0 Å². The van der Waals surface area contributed by atoms with E-state index in [1.807, 2.05) is 0 Å².